The van der Waals surface area contributed by atoms with Gasteiger partial charge < -0.3 is 9.25 Å². The summed E-state index contributed by atoms with van der Waals surface area (Å²) in [5.74, 6) is 0.545. The highest BCUT2D eigenvalue weighted by molar-refractivity contribution is 7.99. The number of benzene rings is 3. The summed E-state index contributed by atoms with van der Waals surface area (Å²) in [6.07, 6.45) is 7.03. The van der Waals surface area contributed by atoms with Crippen molar-refractivity contribution in [3.63, 3.8) is 0 Å². The monoisotopic (exact) mass is 525 g/mol. The lowest BCUT2D eigenvalue weighted by atomic mass is 9.97. The van der Waals surface area contributed by atoms with Gasteiger partial charge in [-0.3, -0.25) is 4.79 Å². The molecule has 5 nitrogen and oxygen atoms in total. The average molecular weight is 526 g/mol. The number of carbonyl (C=O) groups excluding carboxylic acids is 2. The fourth-order valence-electron chi connectivity index (χ4n) is 4.94. The predicted molar refractivity (Wildman–Crippen MR) is 151 cm³/mol. The first kappa shape index (κ1) is 26.0. The molecule has 0 unspecified atom stereocenters. The van der Waals surface area contributed by atoms with Gasteiger partial charge in [0.2, 0.25) is 5.78 Å². The minimum atomic E-state index is -0.409. The number of hydrogen-bond donors (Lipinski definition) is 0. The molecule has 1 aliphatic carbocycles. The van der Waals surface area contributed by atoms with Gasteiger partial charge in [0.1, 0.15) is 5.58 Å². The molecule has 194 valence electrons. The Morgan fingerprint density at radius 1 is 0.921 bits per heavy atom. The molecule has 38 heavy (non-hydrogen) atoms. The number of oxime groups is 1. The molecule has 4 aromatic rings. The summed E-state index contributed by atoms with van der Waals surface area (Å²) >= 11 is 1.62. The van der Waals surface area contributed by atoms with Gasteiger partial charge in [-0.05, 0) is 85.8 Å². The predicted octanol–water partition coefficient (Wildman–Crippen LogP) is 8.36. The Bertz CT molecular complexity index is 1460. The Kier molecular flexibility index (Phi) is 8.08. The third kappa shape index (κ3) is 6.43. The molecule has 0 atom stereocenters. The molecular formula is C32H31NO4S. The third-order valence-electron chi connectivity index (χ3n) is 6.98. The molecule has 1 heterocycles. The summed E-state index contributed by atoms with van der Waals surface area (Å²) in [6, 6.07) is 23.4. The number of hydrogen-bond acceptors (Lipinski definition) is 6. The first-order chi connectivity index (χ1) is 18.4. The molecular weight excluding hydrogens is 494 g/mol. The van der Waals surface area contributed by atoms with E-state index in [9.17, 15) is 9.59 Å². The van der Waals surface area contributed by atoms with Gasteiger partial charge in [0.05, 0.1) is 5.71 Å². The van der Waals surface area contributed by atoms with Crippen LogP contribution in [0.3, 0.4) is 0 Å². The Morgan fingerprint density at radius 2 is 1.58 bits per heavy atom. The smallest absolute Gasteiger partial charge is 0.331 e. The second kappa shape index (κ2) is 11.8. The zero-order valence-electron chi connectivity index (χ0n) is 21.7. The molecule has 0 N–H and O–H groups in total. The Labute approximate surface area is 227 Å². The lowest BCUT2D eigenvalue weighted by molar-refractivity contribution is -0.140. The molecule has 5 rings (SSSR count). The second-order valence-electron chi connectivity index (χ2n) is 9.94. The number of furan rings is 1. The maximum Gasteiger partial charge on any atom is 0.331 e. The van der Waals surface area contributed by atoms with Crippen molar-refractivity contribution in [1.29, 1.82) is 0 Å². The number of fused-ring (bicyclic) bond motifs is 1. The first-order valence-corrected chi connectivity index (χ1v) is 13.9. The van der Waals surface area contributed by atoms with Crippen LogP contribution in [0.5, 0.6) is 0 Å². The summed E-state index contributed by atoms with van der Waals surface area (Å²) in [4.78, 5) is 31.4. The molecule has 0 bridgehead atoms. The number of aryl methyl sites for hydroxylation is 1. The number of carbonyl (C=O) groups is 2. The average Bonchev–Trinajstić information content (AvgIpc) is 3.59. The van der Waals surface area contributed by atoms with Gasteiger partial charge in [0.25, 0.3) is 0 Å². The van der Waals surface area contributed by atoms with E-state index in [-0.39, 0.29) is 5.78 Å². The van der Waals surface area contributed by atoms with Crippen molar-refractivity contribution in [3.05, 3.63) is 95.2 Å². The van der Waals surface area contributed by atoms with Crippen molar-refractivity contribution < 1.29 is 18.8 Å². The third-order valence-corrected chi connectivity index (χ3v) is 8.00. The Balaban J connectivity index is 1.24. The van der Waals surface area contributed by atoms with E-state index in [1.54, 1.807) is 11.8 Å². The van der Waals surface area contributed by atoms with Crippen LogP contribution >= 0.6 is 11.8 Å². The summed E-state index contributed by atoms with van der Waals surface area (Å²) < 4.78 is 5.78. The van der Waals surface area contributed by atoms with Crippen molar-refractivity contribution >= 4 is 40.2 Å². The van der Waals surface area contributed by atoms with Crippen LogP contribution in [0.1, 0.15) is 72.7 Å². The van der Waals surface area contributed by atoms with Gasteiger partial charge in [-0.1, -0.05) is 66.4 Å². The summed E-state index contributed by atoms with van der Waals surface area (Å²) in [5.41, 5.74) is 4.22. The van der Waals surface area contributed by atoms with Crippen molar-refractivity contribution in [2.45, 2.75) is 62.2 Å². The quantitative estimate of drug-likeness (QED) is 0.0950. The standard InChI is InChI=1S/C32H31NO4S/c1-21-7-18-30-26(19-21)20-31(36-30)32(35)25-11-15-28(16-12-25)38-27-13-9-24(10-14-27)29(33-37-22(2)34)17-8-23-5-3-4-6-23/h7,9-16,18-20,23H,3-6,8,17H2,1-2H3. The molecule has 0 amide bonds. The topological polar surface area (TPSA) is 68.9 Å². The van der Waals surface area contributed by atoms with E-state index >= 15 is 0 Å². The fourth-order valence-corrected chi connectivity index (χ4v) is 5.76. The lowest BCUT2D eigenvalue weighted by Gasteiger charge is -2.11. The number of nitrogens with zero attached hydrogens (tertiary/aromatic N) is 1. The van der Waals surface area contributed by atoms with E-state index in [0.717, 1.165) is 50.8 Å². The lowest BCUT2D eigenvalue weighted by Crippen LogP contribution is -2.07. The molecule has 6 heteroatoms. The minimum Gasteiger partial charge on any atom is -0.453 e. The van der Waals surface area contributed by atoms with Crippen LogP contribution in [0.15, 0.2) is 92.2 Å². The zero-order chi connectivity index (χ0) is 26.5. The van der Waals surface area contributed by atoms with Crippen LogP contribution in [0.25, 0.3) is 11.0 Å². The molecule has 1 aliphatic rings. The molecule has 0 radical (unpaired) electrons. The van der Waals surface area contributed by atoms with Gasteiger partial charge in [-0.2, -0.15) is 0 Å². The normalized spacial score (nSPS) is 14.2. The second-order valence-corrected chi connectivity index (χ2v) is 11.1. The van der Waals surface area contributed by atoms with Crippen molar-refractivity contribution in [2.75, 3.05) is 0 Å². The molecule has 3 aromatic carbocycles. The summed E-state index contributed by atoms with van der Waals surface area (Å²) in [5, 5.41) is 5.09. The largest absolute Gasteiger partial charge is 0.453 e. The van der Waals surface area contributed by atoms with Crippen LogP contribution in [0.4, 0.5) is 0 Å². The van der Waals surface area contributed by atoms with Crippen LogP contribution in [-0.2, 0) is 9.63 Å². The van der Waals surface area contributed by atoms with Gasteiger partial charge in [0, 0.05) is 27.7 Å². The summed E-state index contributed by atoms with van der Waals surface area (Å²) in [6.45, 7) is 3.39. The molecule has 0 aliphatic heterocycles. The maximum absolute atomic E-state index is 13.0. The maximum atomic E-state index is 13.0. The SMILES string of the molecule is CC(=O)ON=C(CCC1CCCC1)c1ccc(Sc2ccc(C(=O)c3cc4cc(C)ccc4o3)cc2)cc1. The molecule has 1 saturated carbocycles. The molecule has 0 saturated heterocycles. The first-order valence-electron chi connectivity index (χ1n) is 13.1. The van der Waals surface area contributed by atoms with Crippen molar-refractivity contribution in [3.8, 4) is 0 Å². The number of ketones is 1. The molecule has 1 aromatic heterocycles. The minimum absolute atomic E-state index is 0.128. The van der Waals surface area contributed by atoms with Crippen molar-refractivity contribution in [2.24, 2.45) is 11.1 Å². The fraction of sp³-hybridized carbons (Fsp3) is 0.281. The Hall–Kier alpha value is -3.64. The highest BCUT2D eigenvalue weighted by Crippen LogP contribution is 2.31. The van der Waals surface area contributed by atoms with Crippen LogP contribution in [-0.4, -0.2) is 17.5 Å². The van der Waals surface area contributed by atoms with E-state index in [1.807, 2.05) is 79.7 Å². The zero-order valence-corrected chi connectivity index (χ0v) is 22.6. The van der Waals surface area contributed by atoms with E-state index in [2.05, 4.69) is 5.16 Å². The van der Waals surface area contributed by atoms with Gasteiger partial charge >= 0.3 is 5.97 Å². The Morgan fingerprint density at radius 3 is 2.24 bits per heavy atom. The molecule has 1 fully saturated rings. The number of rotatable bonds is 9. The van der Waals surface area contributed by atoms with Crippen molar-refractivity contribution in [1.82, 2.24) is 0 Å². The van der Waals surface area contributed by atoms with Crippen LogP contribution < -0.4 is 0 Å². The van der Waals surface area contributed by atoms with Gasteiger partial charge in [-0.25, -0.2) is 4.79 Å². The van der Waals surface area contributed by atoms with Crippen LogP contribution in [0, 0.1) is 12.8 Å². The van der Waals surface area contributed by atoms with Gasteiger partial charge in [-0.15, -0.1) is 0 Å². The van der Waals surface area contributed by atoms with E-state index in [0.29, 0.717) is 16.9 Å². The van der Waals surface area contributed by atoms with E-state index in [4.69, 9.17) is 9.25 Å². The van der Waals surface area contributed by atoms with E-state index in [1.165, 1.54) is 32.6 Å². The van der Waals surface area contributed by atoms with E-state index < -0.39 is 5.97 Å². The van der Waals surface area contributed by atoms with Crippen LogP contribution in [0.2, 0.25) is 0 Å². The molecule has 0 spiro atoms. The highest BCUT2D eigenvalue weighted by atomic mass is 32.2. The van der Waals surface area contributed by atoms with Gasteiger partial charge in [0.15, 0.2) is 5.76 Å². The summed E-state index contributed by atoms with van der Waals surface area (Å²) in [7, 11) is 0. The highest BCUT2D eigenvalue weighted by Gasteiger charge is 2.17.